The Morgan fingerprint density at radius 1 is 1.14 bits per heavy atom. The van der Waals surface area contributed by atoms with Gasteiger partial charge in [-0.15, -0.1) is 0 Å². The molecule has 0 aliphatic carbocycles. The molecular weight excluding hydrogens is 274 g/mol. The lowest BCUT2D eigenvalue weighted by molar-refractivity contribution is -0.154. The third kappa shape index (κ3) is 5.71. The Hall–Kier alpha value is -1.63. The van der Waals surface area contributed by atoms with Gasteiger partial charge < -0.3 is 22.3 Å². The Bertz CT molecular complexity index is 386. The van der Waals surface area contributed by atoms with Crippen LogP contribution >= 0.6 is 0 Å². The summed E-state index contributed by atoms with van der Waals surface area (Å²) < 4.78 is 0. The van der Waals surface area contributed by atoms with E-state index in [9.17, 15) is 19.5 Å². The highest BCUT2D eigenvalue weighted by Gasteiger charge is 2.47. The highest BCUT2D eigenvalue weighted by Crippen LogP contribution is 2.31. The predicted molar refractivity (Wildman–Crippen MR) is 78.6 cm³/mol. The van der Waals surface area contributed by atoms with E-state index in [-0.39, 0.29) is 12.3 Å². The average molecular weight is 301 g/mol. The largest absolute Gasteiger partial charge is 0.379 e. The van der Waals surface area contributed by atoms with E-state index in [1.807, 2.05) is 13.8 Å². The van der Waals surface area contributed by atoms with Crippen molar-refractivity contribution < 1.29 is 19.5 Å². The molecule has 7 nitrogen and oxygen atoms in total. The number of amides is 3. The smallest absolute Gasteiger partial charge is 0.250 e. The molecule has 3 unspecified atom stereocenters. The normalized spacial score (nSPS) is 16.7. The molecule has 3 amide bonds. The number of unbranched alkanes of at least 4 members (excludes halogenated alkanes) is 1. The monoisotopic (exact) mass is 301 g/mol. The molecular formula is C14H27N3O4. The molecule has 21 heavy (non-hydrogen) atoms. The summed E-state index contributed by atoms with van der Waals surface area (Å²) in [6.07, 6.45) is 3.09. The first-order valence-corrected chi connectivity index (χ1v) is 7.28. The van der Waals surface area contributed by atoms with Crippen molar-refractivity contribution in [3.63, 3.8) is 0 Å². The van der Waals surface area contributed by atoms with Crippen LogP contribution in [0.3, 0.4) is 0 Å². The van der Waals surface area contributed by atoms with Crippen LogP contribution in [0, 0.1) is 11.8 Å². The molecule has 0 aromatic carbocycles. The highest BCUT2D eigenvalue weighted by atomic mass is 16.3. The number of nitrogens with two attached hydrogens (primary N) is 3. The van der Waals surface area contributed by atoms with Gasteiger partial charge in [-0.1, -0.05) is 39.5 Å². The second-order valence-electron chi connectivity index (χ2n) is 5.54. The molecule has 0 aromatic rings. The second-order valence-corrected chi connectivity index (χ2v) is 5.54. The van der Waals surface area contributed by atoms with Crippen LogP contribution in [0.4, 0.5) is 0 Å². The SMILES string of the molecule is CCCCC(CC)CC(C(N)=O)C(O)(CC(N)=O)C(N)=O. The van der Waals surface area contributed by atoms with Crippen molar-refractivity contribution in [3.8, 4) is 0 Å². The van der Waals surface area contributed by atoms with Gasteiger partial charge in [0.25, 0.3) is 5.91 Å². The molecule has 0 heterocycles. The Labute approximate surface area is 125 Å². The van der Waals surface area contributed by atoms with Crippen LogP contribution in [-0.4, -0.2) is 28.4 Å². The zero-order valence-corrected chi connectivity index (χ0v) is 12.8. The van der Waals surface area contributed by atoms with Crippen molar-refractivity contribution in [2.75, 3.05) is 0 Å². The van der Waals surface area contributed by atoms with Crippen LogP contribution in [0.25, 0.3) is 0 Å². The standard InChI is InChI=1S/C14H27N3O4/c1-3-5-6-9(4-2)7-10(12(16)19)14(21,13(17)20)8-11(15)18/h9-10,21H,3-8H2,1-2H3,(H2,15,18)(H2,16,19)(H2,17,20). The van der Waals surface area contributed by atoms with Gasteiger partial charge in [0, 0.05) is 0 Å². The maximum atomic E-state index is 11.7. The summed E-state index contributed by atoms with van der Waals surface area (Å²) in [5.74, 6) is -4.03. The molecule has 7 heteroatoms. The maximum Gasteiger partial charge on any atom is 0.250 e. The molecule has 0 spiro atoms. The Balaban J connectivity index is 5.28. The molecule has 122 valence electrons. The van der Waals surface area contributed by atoms with Crippen molar-refractivity contribution in [2.24, 2.45) is 29.0 Å². The number of aliphatic hydroxyl groups is 1. The molecule has 0 aliphatic heterocycles. The van der Waals surface area contributed by atoms with Gasteiger partial charge in [0.1, 0.15) is 0 Å². The number of carbonyl (C=O) groups excluding carboxylic acids is 3. The van der Waals surface area contributed by atoms with Gasteiger partial charge in [-0.25, -0.2) is 0 Å². The zero-order valence-electron chi connectivity index (χ0n) is 12.8. The van der Waals surface area contributed by atoms with Crippen LogP contribution in [0.15, 0.2) is 0 Å². The Morgan fingerprint density at radius 2 is 1.71 bits per heavy atom. The van der Waals surface area contributed by atoms with E-state index in [2.05, 4.69) is 0 Å². The number of carbonyl (C=O) groups is 3. The van der Waals surface area contributed by atoms with Gasteiger partial charge in [0.15, 0.2) is 5.60 Å². The molecule has 7 N–H and O–H groups in total. The summed E-state index contributed by atoms with van der Waals surface area (Å²) in [6.45, 7) is 4.00. The highest BCUT2D eigenvalue weighted by molar-refractivity contribution is 5.95. The van der Waals surface area contributed by atoms with E-state index < -0.39 is 35.7 Å². The fraction of sp³-hybridized carbons (Fsp3) is 0.786. The molecule has 0 saturated heterocycles. The van der Waals surface area contributed by atoms with Crippen molar-refractivity contribution >= 4 is 17.7 Å². The van der Waals surface area contributed by atoms with Crippen LogP contribution in [0.5, 0.6) is 0 Å². The Morgan fingerprint density at radius 3 is 2.05 bits per heavy atom. The summed E-state index contributed by atoms with van der Waals surface area (Å²) in [4.78, 5) is 34.3. The lowest BCUT2D eigenvalue weighted by atomic mass is 9.76. The molecule has 0 radical (unpaired) electrons. The summed E-state index contributed by atoms with van der Waals surface area (Å²) in [7, 11) is 0. The third-order valence-electron chi connectivity index (χ3n) is 3.90. The van der Waals surface area contributed by atoms with E-state index in [1.165, 1.54) is 0 Å². The van der Waals surface area contributed by atoms with Gasteiger partial charge in [0.2, 0.25) is 11.8 Å². The molecule has 0 fully saturated rings. The second kappa shape index (κ2) is 8.61. The van der Waals surface area contributed by atoms with Crippen LogP contribution in [-0.2, 0) is 14.4 Å². The molecule has 0 bridgehead atoms. The van der Waals surface area contributed by atoms with Crippen LogP contribution < -0.4 is 17.2 Å². The topological polar surface area (TPSA) is 150 Å². The van der Waals surface area contributed by atoms with E-state index in [1.54, 1.807) is 0 Å². The summed E-state index contributed by atoms with van der Waals surface area (Å²) >= 11 is 0. The lowest BCUT2D eigenvalue weighted by Gasteiger charge is -2.32. The quantitative estimate of drug-likeness (QED) is 0.417. The van der Waals surface area contributed by atoms with Gasteiger partial charge in [-0.3, -0.25) is 14.4 Å². The Kier molecular flexibility index (Phi) is 7.94. The first-order chi connectivity index (χ1) is 9.68. The van der Waals surface area contributed by atoms with E-state index in [0.717, 1.165) is 25.7 Å². The van der Waals surface area contributed by atoms with Gasteiger partial charge in [0.05, 0.1) is 12.3 Å². The lowest BCUT2D eigenvalue weighted by Crippen LogP contribution is -2.56. The molecule has 0 aromatic heterocycles. The van der Waals surface area contributed by atoms with E-state index in [4.69, 9.17) is 17.2 Å². The van der Waals surface area contributed by atoms with Crippen molar-refractivity contribution in [1.82, 2.24) is 0 Å². The maximum absolute atomic E-state index is 11.7. The average Bonchev–Trinajstić information content (AvgIpc) is 2.37. The van der Waals surface area contributed by atoms with Gasteiger partial charge in [-0.05, 0) is 12.3 Å². The number of hydrogen-bond acceptors (Lipinski definition) is 4. The summed E-state index contributed by atoms with van der Waals surface area (Å²) in [6, 6.07) is 0. The minimum atomic E-state index is -2.32. The molecule has 0 rings (SSSR count). The number of rotatable bonds is 11. The number of primary amides is 3. The zero-order chi connectivity index (χ0) is 16.6. The van der Waals surface area contributed by atoms with Gasteiger partial charge >= 0.3 is 0 Å². The van der Waals surface area contributed by atoms with E-state index >= 15 is 0 Å². The minimum absolute atomic E-state index is 0.112. The minimum Gasteiger partial charge on any atom is -0.379 e. The molecule has 0 aliphatic rings. The summed E-state index contributed by atoms with van der Waals surface area (Å²) in [5, 5.41) is 10.4. The predicted octanol–water partition coefficient (Wildman–Crippen LogP) is -0.214. The van der Waals surface area contributed by atoms with Crippen LogP contribution in [0.2, 0.25) is 0 Å². The van der Waals surface area contributed by atoms with Crippen molar-refractivity contribution in [2.45, 2.75) is 58.0 Å². The van der Waals surface area contributed by atoms with E-state index in [0.29, 0.717) is 0 Å². The number of hydrogen-bond donors (Lipinski definition) is 4. The van der Waals surface area contributed by atoms with Crippen LogP contribution in [0.1, 0.15) is 52.4 Å². The third-order valence-corrected chi connectivity index (χ3v) is 3.90. The summed E-state index contributed by atoms with van der Waals surface area (Å²) in [5.41, 5.74) is 13.2. The molecule has 0 saturated carbocycles. The fourth-order valence-corrected chi connectivity index (χ4v) is 2.51. The first kappa shape index (κ1) is 19.4. The molecule has 3 atom stereocenters. The van der Waals surface area contributed by atoms with Gasteiger partial charge in [-0.2, -0.15) is 0 Å². The van der Waals surface area contributed by atoms with Crippen molar-refractivity contribution in [3.05, 3.63) is 0 Å². The fourth-order valence-electron chi connectivity index (χ4n) is 2.51. The first-order valence-electron chi connectivity index (χ1n) is 7.28. The van der Waals surface area contributed by atoms with Crippen molar-refractivity contribution in [1.29, 1.82) is 0 Å².